The highest BCUT2D eigenvalue weighted by Crippen LogP contribution is 2.23. The van der Waals surface area contributed by atoms with Crippen molar-refractivity contribution in [1.82, 2.24) is 5.43 Å². The highest BCUT2D eigenvalue weighted by atomic mass is 32.2. The molecule has 1 amide bonds. The summed E-state index contributed by atoms with van der Waals surface area (Å²) in [6.45, 7) is 0. The zero-order valence-corrected chi connectivity index (χ0v) is 10.5. The highest BCUT2D eigenvalue weighted by Gasteiger charge is 1.99. The standard InChI is InChI=1S/C12H18N2O2S/c13-14-12(16)7-2-1-3-8-17-11-6-4-5-10(15)9-11/h4-6,9,15H,1-3,7-8,13H2,(H,14,16). The van der Waals surface area contributed by atoms with Crippen molar-refractivity contribution in [3.8, 4) is 5.75 Å². The first-order valence-corrected chi connectivity index (χ1v) is 6.62. The molecule has 0 bridgehead atoms. The number of aromatic hydroxyl groups is 1. The quantitative estimate of drug-likeness (QED) is 0.229. The molecule has 0 saturated heterocycles. The average molecular weight is 254 g/mol. The molecule has 0 aliphatic carbocycles. The molecule has 0 atom stereocenters. The Morgan fingerprint density at radius 3 is 2.88 bits per heavy atom. The van der Waals surface area contributed by atoms with Crippen LogP contribution in [0.25, 0.3) is 0 Å². The molecule has 94 valence electrons. The summed E-state index contributed by atoms with van der Waals surface area (Å²) in [5.41, 5.74) is 2.12. The Labute approximate surface area is 106 Å². The number of nitrogens with two attached hydrogens (primary N) is 1. The molecule has 0 saturated carbocycles. The molecule has 0 aliphatic heterocycles. The first-order valence-electron chi connectivity index (χ1n) is 5.63. The van der Waals surface area contributed by atoms with Gasteiger partial charge in [0, 0.05) is 11.3 Å². The number of thioether (sulfide) groups is 1. The van der Waals surface area contributed by atoms with Gasteiger partial charge in [-0.2, -0.15) is 0 Å². The lowest BCUT2D eigenvalue weighted by molar-refractivity contribution is -0.121. The van der Waals surface area contributed by atoms with Crippen LogP contribution in [0.4, 0.5) is 0 Å². The summed E-state index contributed by atoms with van der Waals surface area (Å²) < 4.78 is 0. The van der Waals surface area contributed by atoms with Gasteiger partial charge in [0.05, 0.1) is 0 Å². The molecule has 17 heavy (non-hydrogen) atoms. The van der Waals surface area contributed by atoms with Crippen LogP contribution in [0.1, 0.15) is 25.7 Å². The van der Waals surface area contributed by atoms with E-state index in [4.69, 9.17) is 5.84 Å². The molecular formula is C12H18N2O2S. The first kappa shape index (κ1) is 13.9. The molecule has 0 spiro atoms. The van der Waals surface area contributed by atoms with Gasteiger partial charge in [-0.15, -0.1) is 11.8 Å². The molecular weight excluding hydrogens is 236 g/mol. The number of phenolic OH excluding ortho intramolecular Hbond substituents is 1. The van der Waals surface area contributed by atoms with Gasteiger partial charge in [0.1, 0.15) is 5.75 Å². The predicted molar refractivity (Wildman–Crippen MR) is 69.6 cm³/mol. The normalized spacial score (nSPS) is 10.2. The maximum atomic E-state index is 10.8. The van der Waals surface area contributed by atoms with Gasteiger partial charge in [-0.25, -0.2) is 5.84 Å². The van der Waals surface area contributed by atoms with E-state index in [1.165, 1.54) is 0 Å². The second-order valence-electron chi connectivity index (χ2n) is 3.72. The topological polar surface area (TPSA) is 75.3 Å². The summed E-state index contributed by atoms with van der Waals surface area (Å²) in [4.78, 5) is 11.9. The largest absolute Gasteiger partial charge is 0.508 e. The second-order valence-corrected chi connectivity index (χ2v) is 4.89. The number of unbranched alkanes of at least 4 members (excludes halogenated alkanes) is 2. The minimum Gasteiger partial charge on any atom is -0.508 e. The van der Waals surface area contributed by atoms with Crippen molar-refractivity contribution in [3.05, 3.63) is 24.3 Å². The van der Waals surface area contributed by atoms with E-state index < -0.39 is 0 Å². The number of amides is 1. The van der Waals surface area contributed by atoms with Crippen molar-refractivity contribution >= 4 is 17.7 Å². The monoisotopic (exact) mass is 254 g/mol. The van der Waals surface area contributed by atoms with E-state index in [1.807, 2.05) is 12.1 Å². The minimum absolute atomic E-state index is 0.106. The number of benzene rings is 1. The summed E-state index contributed by atoms with van der Waals surface area (Å²) >= 11 is 1.71. The number of hydrogen-bond donors (Lipinski definition) is 3. The van der Waals surface area contributed by atoms with E-state index in [0.717, 1.165) is 29.9 Å². The number of hydrazine groups is 1. The maximum Gasteiger partial charge on any atom is 0.233 e. The Hall–Kier alpha value is -1.20. The molecule has 0 unspecified atom stereocenters. The molecule has 4 N–H and O–H groups in total. The number of carbonyl (C=O) groups excluding carboxylic acids is 1. The third kappa shape index (κ3) is 6.19. The van der Waals surface area contributed by atoms with Crippen molar-refractivity contribution in [3.63, 3.8) is 0 Å². The molecule has 0 heterocycles. The van der Waals surface area contributed by atoms with Gasteiger partial charge in [-0.3, -0.25) is 10.2 Å². The molecule has 0 fully saturated rings. The van der Waals surface area contributed by atoms with Crippen molar-refractivity contribution in [2.75, 3.05) is 5.75 Å². The zero-order chi connectivity index (χ0) is 12.5. The van der Waals surface area contributed by atoms with Crippen LogP contribution in [0.3, 0.4) is 0 Å². The summed E-state index contributed by atoms with van der Waals surface area (Å²) in [6, 6.07) is 7.23. The molecule has 1 aromatic carbocycles. The lowest BCUT2D eigenvalue weighted by Gasteiger charge is -2.02. The van der Waals surface area contributed by atoms with Crippen molar-refractivity contribution < 1.29 is 9.90 Å². The van der Waals surface area contributed by atoms with Crippen LogP contribution in [-0.4, -0.2) is 16.8 Å². The van der Waals surface area contributed by atoms with Crippen molar-refractivity contribution in [2.45, 2.75) is 30.6 Å². The lowest BCUT2D eigenvalue weighted by Crippen LogP contribution is -2.29. The highest BCUT2D eigenvalue weighted by molar-refractivity contribution is 7.99. The summed E-state index contributed by atoms with van der Waals surface area (Å²) in [7, 11) is 0. The van der Waals surface area contributed by atoms with Crippen molar-refractivity contribution in [1.29, 1.82) is 0 Å². The molecule has 0 radical (unpaired) electrons. The van der Waals surface area contributed by atoms with E-state index >= 15 is 0 Å². The van der Waals surface area contributed by atoms with E-state index in [2.05, 4.69) is 5.43 Å². The number of carbonyl (C=O) groups is 1. The predicted octanol–water partition coefficient (Wildman–Crippen LogP) is 2.03. The zero-order valence-electron chi connectivity index (χ0n) is 9.69. The lowest BCUT2D eigenvalue weighted by atomic mass is 10.2. The van der Waals surface area contributed by atoms with E-state index in [1.54, 1.807) is 23.9 Å². The van der Waals surface area contributed by atoms with Gasteiger partial charge in [-0.1, -0.05) is 12.5 Å². The van der Waals surface area contributed by atoms with Crippen molar-refractivity contribution in [2.24, 2.45) is 5.84 Å². The van der Waals surface area contributed by atoms with E-state index in [-0.39, 0.29) is 5.91 Å². The Bertz CT molecular complexity index is 358. The molecule has 0 aliphatic rings. The third-order valence-electron chi connectivity index (χ3n) is 2.30. The van der Waals surface area contributed by atoms with Crippen LogP contribution >= 0.6 is 11.8 Å². The Morgan fingerprint density at radius 2 is 2.18 bits per heavy atom. The van der Waals surface area contributed by atoms with Crippen LogP contribution in [-0.2, 0) is 4.79 Å². The average Bonchev–Trinajstić information content (AvgIpc) is 2.33. The van der Waals surface area contributed by atoms with Crippen LogP contribution in [0.5, 0.6) is 5.75 Å². The second kappa shape index (κ2) is 7.97. The van der Waals surface area contributed by atoms with Crippen LogP contribution in [0.2, 0.25) is 0 Å². The molecule has 1 rings (SSSR count). The van der Waals surface area contributed by atoms with Gasteiger partial charge in [-0.05, 0) is 36.8 Å². The molecule has 5 heteroatoms. The smallest absolute Gasteiger partial charge is 0.233 e. The minimum atomic E-state index is -0.106. The van der Waals surface area contributed by atoms with Crippen LogP contribution < -0.4 is 11.3 Å². The maximum absolute atomic E-state index is 10.8. The number of rotatable bonds is 7. The van der Waals surface area contributed by atoms with Crippen LogP contribution in [0.15, 0.2) is 29.2 Å². The Morgan fingerprint density at radius 1 is 1.35 bits per heavy atom. The number of nitrogens with one attached hydrogen (secondary N) is 1. The summed E-state index contributed by atoms with van der Waals surface area (Å²) in [5, 5.41) is 9.27. The fraction of sp³-hybridized carbons (Fsp3) is 0.417. The Kier molecular flexibility index (Phi) is 6.50. The molecule has 4 nitrogen and oxygen atoms in total. The fourth-order valence-corrected chi connectivity index (χ4v) is 2.36. The third-order valence-corrected chi connectivity index (χ3v) is 3.38. The van der Waals surface area contributed by atoms with Gasteiger partial charge >= 0.3 is 0 Å². The molecule has 1 aromatic rings. The van der Waals surface area contributed by atoms with Gasteiger partial charge in [0.2, 0.25) is 5.91 Å². The van der Waals surface area contributed by atoms with E-state index in [0.29, 0.717) is 12.2 Å². The SMILES string of the molecule is NNC(=O)CCCCCSc1cccc(O)c1. The van der Waals surface area contributed by atoms with Gasteiger partial charge < -0.3 is 5.11 Å². The molecule has 0 aromatic heterocycles. The van der Waals surface area contributed by atoms with Gasteiger partial charge in [0.25, 0.3) is 0 Å². The fourth-order valence-electron chi connectivity index (χ4n) is 1.40. The van der Waals surface area contributed by atoms with E-state index in [9.17, 15) is 9.90 Å². The number of hydrogen-bond acceptors (Lipinski definition) is 4. The van der Waals surface area contributed by atoms with Crippen LogP contribution in [0, 0.1) is 0 Å². The number of phenols is 1. The summed E-state index contributed by atoms with van der Waals surface area (Å²) in [5.74, 6) is 6.16. The van der Waals surface area contributed by atoms with Gasteiger partial charge in [0.15, 0.2) is 0 Å². The first-order chi connectivity index (χ1) is 8.22. The Balaban J connectivity index is 2.06. The summed E-state index contributed by atoms with van der Waals surface area (Å²) in [6.07, 6.45) is 3.42.